The number of carbonyl (C=O) groups is 1. The van der Waals surface area contributed by atoms with Crippen LogP contribution in [-0.2, 0) is 11.3 Å². The molecule has 7 nitrogen and oxygen atoms in total. The molecule has 1 heterocycles. The molecule has 0 unspecified atom stereocenters. The second-order valence-electron chi connectivity index (χ2n) is 5.92. The number of methoxy groups -OCH3 is 1. The Bertz CT molecular complexity index is 1000. The van der Waals surface area contributed by atoms with Gasteiger partial charge in [0, 0.05) is 17.1 Å². The first-order valence-electron chi connectivity index (χ1n) is 8.88. The molecule has 2 aromatic carbocycles. The average molecular weight is 430 g/mol. The molecule has 0 bridgehead atoms. The predicted octanol–water partition coefficient (Wildman–Crippen LogP) is 3.87. The first-order valence-corrected chi connectivity index (χ1v) is 10.2. The van der Waals surface area contributed by atoms with E-state index in [0.29, 0.717) is 16.7 Å². The molecule has 0 saturated carbocycles. The second-order valence-corrected chi connectivity index (χ2v) is 7.29. The topological polar surface area (TPSA) is 81.4 Å². The Kier molecular flexibility index (Phi) is 7.26. The van der Waals surface area contributed by atoms with Gasteiger partial charge in [0.1, 0.15) is 5.75 Å². The fourth-order valence-electron chi connectivity index (χ4n) is 2.56. The maximum Gasteiger partial charge on any atom is 0.250 e. The normalized spacial score (nSPS) is 11.0. The van der Waals surface area contributed by atoms with Crippen LogP contribution in [0.4, 0.5) is 0 Å². The molecule has 0 aliphatic rings. The third-order valence-electron chi connectivity index (χ3n) is 3.97. The maximum atomic E-state index is 12.1. The van der Waals surface area contributed by atoms with E-state index in [1.54, 1.807) is 25.5 Å². The highest BCUT2D eigenvalue weighted by Gasteiger charge is 2.14. The van der Waals surface area contributed by atoms with Crippen LogP contribution in [0.3, 0.4) is 0 Å². The molecule has 0 saturated heterocycles. The average Bonchev–Trinajstić information content (AvgIpc) is 3.15. The van der Waals surface area contributed by atoms with Gasteiger partial charge in [-0.25, -0.2) is 5.43 Å². The van der Waals surface area contributed by atoms with E-state index in [1.165, 1.54) is 11.8 Å². The van der Waals surface area contributed by atoms with Crippen molar-refractivity contribution in [2.45, 2.75) is 18.6 Å². The number of nitrogens with one attached hydrogen (secondary N) is 1. The van der Waals surface area contributed by atoms with Gasteiger partial charge in [-0.3, -0.25) is 4.79 Å². The van der Waals surface area contributed by atoms with Gasteiger partial charge in [0.15, 0.2) is 11.0 Å². The second kappa shape index (κ2) is 10.1. The standard InChI is InChI=1S/C20H20ClN5O2S/c1-3-26-19(15-7-9-17(28-2)10-8-15)24-25-20(26)29-13-18(27)23-22-12-14-5-4-6-16(21)11-14/h4-12H,3,13H2,1-2H3,(H,23,27)/b22-12+. The first kappa shape index (κ1) is 20.9. The van der Waals surface area contributed by atoms with Gasteiger partial charge >= 0.3 is 0 Å². The summed E-state index contributed by atoms with van der Waals surface area (Å²) in [6.07, 6.45) is 1.55. The number of ether oxygens (including phenoxy) is 1. The van der Waals surface area contributed by atoms with Gasteiger partial charge in [-0.2, -0.15) is 5.10 Å². The molecule has 150 valence electrons. The molecule has 0 fully saturated rings. The van der Waals surface area contributed by atoms with Crippen molar-refractivity contribution in [3.05, 3.63) is 59.1 Å². The van der Waals surface area contributed by atoms with E-state index in [2.05, 4.69) is 20.7 Å². The smallest absolute Gasteiger partial charge is 0.250 e. The van der Waals surface area contributed by atoms with Gasteiger partial charge < -0.3 is 9.30 Å². The molecule has 3 aromatic rings. The zero-order chi connectivity index (χ0) is 20.6. The van der Waals surface area contributed by atoms with Gasteiger partial charge in [0.25, 0.3) is 5.91 Å². The third-order valence-corrected chi connectivity index (χ3v) is 5.17. The molecular weight excluding hydrogens is 410 g/mol. The van der Waals surface area contributed by atoms with Crippen molar-refractivity contribution in [1.29, 1.82) is 0 Å². The summed E-state index contributed by atoms with van der Waals surface area (Å²) in [5.74, 6) is 1.47. The lowest BCUT2D eigenvalue weighted by molar-refractivity contribution is -0.118. The van der Waals surface area contributed by atoms with Crippen LogP contribution in [0, 0.1) is 0 Å². The molecule has 0 radical (unpaired) electrons. The number of hydrogen-bond donors (Lipinski definition) is 1. The Balaban J connectivity index is 1.60. The van der Waals surface area contributed by atoms with E-state index >= 15 is 0 Å². The van der Waals surface area contributed by atoms with Gasteiger partial charge in [-0.1, -0.05) is 35.5 Å². The van der Waals surface area contributed by atoms with Crippen molar-refractivity contribution >= 4 is 35.5 Å². The molecule has 0 aliphatic heterocycles. The fraction of sp³-hybridized carbons (Fsp3) is 0.200. The predicted molar refractivity (Wildman–Crippen MR) is 116 cm³/mol. The molecule has 3 rings (SSSR count). The highest BCUT2D eigenvalue weighted by atomic mass is 35.5. The number of halogens is 1. The van der Waals surface area contributed by atoms with Crippen molar-refractivity contribution in [2.75, 3.05) is 12.9 Å². The minimum absolute atomic E-state index is 0.174. The number of rotatable bonds is 8. The molecule has 0 spiro atoms. The summed E-state index contributed by atoms with van der Waals surface area (Å²) in [6.45, 7) is 2.70. The maximum absolute atomic E-state index is 12.1. The SMILES string of the molecule is CCn1c(SCC(=O)N/N=C/c2cccc(Cl)c2)nnc1-c1ccc(OC)cc1. The highest BCUT2D eigenvalue weighted by molar-refractivity contribution is 7.99. The van der Waals surface area contributed by atoms with Gasteiger partial charge in [-0.15, -0.1) is 10.2 Å². The van der Waals surface area contributed by atoms with Crippen molar-refractivity contribution in [1.82, 2.24) is 20.2 Å². The Morgan fingerprint density at radius 3 is 2.76 bits per heavy atom. The van der Waals surface area contributed by atoms with Crippen LogP contribution in [0.2, 0.25) is 5.02 Å². The fourth-order valence-corrected chi connectivity index (χ4v) is 3.56. The summed E-state index contributed by atoms with van der Waals surface area (Å²) in [6, 6.07) is 14.8. The van der Waals surface area contributed by atoms with E-state index in [1.807, 2.05) is 47.9 Å². The highest BCUT2D eigenvalue weighted by Crippen LogP contribution is 2.25. The largest absolute Gasteiger partial charge is 0.497 e. The van der Waals surface area contributed by atoms with Crippen LogP contribution >= 0.6 is 23.4 Å². The zero-order valence-corrected chi connectivity index (χ0v) is 17.6. The van der Waals surface area contributed by atoms with E-state index in [0.717, 1.165) is 22.7 Å². The number of carbonyl (C=O) groups excluding carboxylic acids is 1. The summed E-state index contributed by atoms with van der Waals surface area (Å²) >= 11 is 7.23. The molecule has 29 heavy (non-hydrogen) atoms. The lowest BCUT2D eigenvalue weighted by Gasteiger charge is -2.07. The molecule has 9 heteroatoms. The monoisotopic (exact) mass is 429 g/mol. The summed E-state index contributed by atoms with van der Waals surface area (Å²) in [5, 5.41) is 13.7. The van der Waals surface area contributed by atoms with Crippen LogP contribution in [0.5, 0.6) is 5.75 Å². The zero-order valence-electron chi connectivity index (χ0n) is 16.0. The Labute approximate surface area is 178 Å². The lowest BCUT2D eigenvalue weighted by atomic mass is 10.2. The van der Waals surface area contributed by atoms with E-state index in [4.69, 9.17) is 16.3 Å². The van der Waals surface area contributed by atoms with Gasteiger partial charge in [0.05, 0.1) is 19.1 Å². The summed E-state index contributed by atoms with van der Waals surface area (Å²) in [7, 11) is 1.63. The van der Waals surface area contributed by atoms with E-state index in [9.17, 15) is 4.79 Å². The Morgan fingerprint density at radius 2 is 2.07 bits per heavy atom. The van der Waals surface area contributed by atoms with Crippen LogP contribution in [0.1, 0.15) is 12.5 Å². The third kappa shape index (κ3) is 5.58. The number of hydrogen-bond acceptors (Lipinski definition) is 6. The van der Waals surface area contributed by atoms with Gasteiger partial charge in [-0.05, 0) is 48.9 Å². The summed E-state index contributed by atoms with van der Waals surface area (Å²) < 4.78 is 7.16. The minimum Gasteiger partial charge on any atom is -0.497 e. The molecule has 1 amide bonds. The molecule has 1 aromatic heterocycles. The van der Waals surface area contributed by atoms with Crippen molar-refractivity contribution < 1.29 is 9.53 Å². The van der Waals surface area contributed by atoms with Crippen LogP contribution in [0.25, 0.3) is 11.4 Å². The van der Waals surface area contributed by atoms with E-state index < -0.39 is 0 Å². The molecule has 1 N–H and O–H groups in total. The van der Waals surface area contributed by atoms with Crippen LogP contribution in [-0.4, -0.2) is 39.7 Å². The van der Waals surface area contributed by atoms with Crippen molar-refractivity contribution in [3.63, 3.8) is 0 Å². The first-order chi connectivity index (χ1) is 14.1. The summed E-state index contributed by atoms with van der Waals surface area (Å²) in [4.78, 5) is 12.1. The Hall–Kier alpha value is -2.84. The minimum atomic E-state index is -0.232. The Morgan fingerprint density at radius 1 is 1.28 bits per heavy atom. The van der Waals surface area contributed by atoms with Crippen LogP contribution in [0.15, 0.2) is 58.8 Å². The molecular formula is C20H20ClN5O2S. The number of aromatic nitrogens is 3. The number of benzene rings is 2. The molecule has 0 atom stereocenters. The van der Waals surface area contributed by atoms with Crippen molar-refractivity contribution in [3.8, 4) is 17.1 Å². The van der Waals surface area contributed by atoms with Gasteiger partial charge in [0.2, 0.25) is 0 Å². The molecule has 0 aliphatic carbocycles. The lowest BCUT2D eigenvalue weighted by Crippen LogP contribution is -2.20. The van der Waals surface area contributed by atoms with Crippen LogP contribution < -0.4 is 10.2 Å². The van der Waals surface area contributed by atoms with Crippen molar-refractivity contribution in [2.24, 2.45) is 5.10 Å². The van der Waals surface area contributed by atoms with E-state index in [-0.39, 0.29) is 11.7 Å². The number of nitrogens with zero attached hydrogens (tertiary/aromatic N) is 4. The quantitative estimate of drug-likeness (QED) is 0.334. The number of amides is 1. The number of thioether (sulfide) groups is 1. The number of hydrazone groups is 1. The summed E-state index contributed by atoms with van der Waals surface area (Å²) in [5.41, 5.74) is 4.24.